The second kappa shape index (κ2) is 6.44. The lowest BCUT2D eigenvalue weighted by molar-refractivity contribution is -0.117. The summed E-state index contributed by atoms with van der Waals surface area (Å²) in [6.07, 6.45) is 4.74. The van der Waals surface area contributed by atoms with E-state index in [1.165, 1.54) is 22.8 Å². The largest absolute Gasteiger partial charge is 0.465 e. The molecule has 1 heterocycles. The molecule has 1 N–H and O–H groups in total. The smallest absolute Gasteiger partial charge is 0.244 e. The van der Waals surface area contributed by atoms with Gasteiger partial charge in [-0.3, -0.25) is 4.79 Å². The average molecular weight is 283 g/mol. The van der Waals surface area contributed by atoms with Crippen molar-refractivity contribution in [3.05, 3.63) is 64.6 Å². The van der Waals surface area contributed by atoms with Crippen molar-refractivity contribution in [2.75, 3.05) is 0 Å². The van der Waals surface area contributed by atoms with Gasteiger partial charge in [0.1, 0.15) is 5.76 Å². The molecule has 0 radical (unpaired) electrons. The first-order valence-electron chi connectivity index (χ1n) is 7.07. The molecule has 0 spiro atoms. The predicted octanol–water partition coefficient (Wildman–Crippen LogP) is 4.10. The van der Waals surface area contributed by atoms with Crippen LogP contribution >= 0.6 is 0 Å². The van der Waals surface area contributed by atoms with Crippen LogP contribution in [0.3, 0.4) is 0 Å². The first kappa shape index (κ1) is 15.1. The molecular weight excluding hydrogens is 262 g/mol. The van der Waals surface area contributed by atoms with Crippen LogP contribution in [0.1, 0.15) is 41.0 Å². The third-order valence-electron chi connectivity index (χ3n) is 3.65. The molecule has 1 aromatic carbocycles. The van der Waals surface area contributed by atoms with Gasteiger partial charge >= 0.3 is 0 Å². The number of amides is 1. The first-order chi connectivity index (χ1) is 9.97. The number of hydrogen-bond donors (Lipinski definition) is 1. The van der Waals surface area contributed by atoms with Gasteiger partial charge in [-0.2, -0.15) is 0 Å². The fraction of sp³-hybridized carbons (Fsp3) is 0.278. The Morgan fingerprint density at radius 2 is 1.90 bits per heavy atom. The van der Waals surface area contributed by atoms with Crippen LogP contribution in [0.25, 0.3) is 6.08 Å². The van der Waals surface area contributed by atoms with Crippen LogP contribution < -0.4 is 5.32 Å². The Morgan fingerprint density at radius 1 is 1.19 bits per heavy atom. The lowest BCUT2D eigenvalue weighted by atomic mass is 9.96. The van der Waals surface area contributed by atoms with E-state index in [0.717, 1.165) is 5.56 Å². The maximum absolute atomic E-state index is 11.9. The highest BCUT2D eigenvalue weighted by molar-refractivity contribution is 5.91. The molecule has 3 nitrogen and oxygen atoms in total. The van der Waals surface area contributed by atoms with E-state index in [1.807, 2.05) is 6.92 Å². The predicted molar refractivity (Wildman–Crippen MR) is 85.0 cm³/mol. The Hall–Kier alpha value is -2.29. The zero-order chi connectivity index (χ0) is 15.4. The summed E-state index contributed by atoms with van der Waals surface area (Å²) < 4.78 is 5.15. The number of carbonyl (C=O) groups is 1. The molecule has 0 aliphatic rings. The Kier molecular flexibility index (Phi) is 4.63. The highest BCUT2D eigenvalue weighted by atomic mass is 16.3. The number of benzene rings is 1. The SMILES string of the molecule is Cc1cc(C)c(C(C)NC(=O)/C=C/c2ccco2)cc1C. The maximum atomic E-state index is 11.9. The van der Waals surface area contributed by atoms with Gasteiger partial charge in [-0.15, -0.1) is 0 Å². The van der Waals surface area contributed by atoms with Crippen LogP contribution in [-0.4, -0.2) is 5.91 Å². The first-order valence-corrected chi connectivity index (χ1v) is 7.07. The topological polar surface area (TPSA) is 42.2 Å². The molecule has 2 aromatic rings. The standard InChI is InChI=1S/C18H21NO2/c1-12-10-14(3)17(11-13(12)2)15(4)19-18(20)8-7-16-6-5-9-21-16/h5-11,15H,1-4H3,(H,19,20)/b8-7+. The molecular formula is C18H21NO2. The Morgan fingerprint density at radius 3 is 2.57 bits per heavy atom. The average Bonchev–Trinajstić information content (AvgIpc) is 2.93. The maximum Gasteiger partial charge on any atom is 0.244 e. The quantitative estimate of drug-likeness (QED) is 0.858. The van der Waals surface area contributed by atoms with Gasteiger partial charge in [-0.05, 0) is 68.2 Å². The minimum absolute atomic E-state index is 0.0296. The minimum Gasteiger partial charge on any atom is -0.465 e. The van der Waals surface area contributed by atoms with Crippen LogP contribution in [0, 0.1) is 20.8 Å². The molecule has 1 unspecified atom stereocenters. The normalized spacial score (nSPS) is 12.6. The van der Waals surface area contributed by atoms with Crippen LogP contribution in [0.2, 0.25) is 0 Å². The van der Waals surface area contributed by atoms with Crippen molar-refractivity contribution in [3.63, 3.8) is 0 Å². The summed E-state index contributed by atoms with van der Waals surface area (Å²) in [4.78, 5) is 11.9. The number of hydrogen-bond acceptors (Lipinski definition) is 2. The van der Waals surface area contributed by atoms with E-state index in [4.69, 9.17) is 4.42 Å². The molecule has 0 fully saturated rings. The fourth-order valence-corrected chi connectivity index (χ4v) is 2.33. The molecule has 2 rings (SSSR count). The number of nitrogens with one attached hydrogen (secondary N) is 1. The van der Waals surface area contributed by atoms with Crippen molar-refractivity contribution in [2.45, 2.75) is 33.7 Å². The van der Waals surface area contributed by atoms with E-state index in [1.54, 1.807) is 24.5 Å². The van der Waals surface area contributed by atoms with Crippen LogP contribution in [0.15, 0.2) is 41.0 Å². The Balaban J connectivity index is 2.06. The Bertz CT molecular complexity index is 654. The van der Waals surface area contributed by atoms with Gasteiger partial charge in [0.25, 0.3) is 0 Å². The molecule has 0 bridgehead atoms. The van der Waals surface area contributed by atoms with Crippen LogP contribution in [0.4, 0.5) is 0 Å². The Labute approximate surface area is 125 Å². The molecule has 1 amide bonds. The van der Waals surface area contributed by atoms with Gasteiger partial charge in [0, 0.05) is 6.08 Å². The summed E-state index contributed by atoms with van der Waals surface area (Å²) >= 11 is 0. The van der Waals surface area contributed by atoms with Gasteiger partial charge in [0.2, 0.25) is 5.91 Å². The summed E-state index contributed by atoms with van der Waals surface area (Å²) in [5.41, 5.74) is 4.86. The molecule has 0 aliphatic heterocycles. The molecule has 0 saturated carbocycles. The summed E-state index contributed by atoms with van der Waals surface area (Å²) in [5, 5.41) is 2.98. The minimum atomic E-state index is -0.128. The van der Waals surface area contributed by atoms with E-state index in [9.17, 15) is 4.79 Å². The summed E-state index contributed by atoms with van der Waals surface area (Å²) in [6, 6.07) is 7.87. The van der Waals surface area contributed by atoms with E-state index >= 15 is 0 Å². The van der Waals surface area contributed by atoms with Crippen molar-refractivity contribution in [1.29, 1.82) is 0 Å². The number of aryl methyl sites for hydroxylation is 3. The zero-order valence-electron chi connectivity index (χ0n) is 12.9. The van der Waals surface area contributed by atoms with Crippen molar-refractivity contribution in [2.24, 2.45) is 0 Å². The summed E-state index contributed by atoms with van der Waals surface area (Å²) in [7, 11) is 0. The van der Waals surface area contributed by atoms with Crippen molar-refractivity contribution in [1.82, 2.24) is 5.32 Å². The molecule has 0 aliphatic carbocycles. The van der Waals surface area contributed by atoms with Gasteiger partial charge in [-0.1, -0.05) is 12.1 Å². The molecule has 0 saturated heterocycles. The van der Waals surface area contributed by atoms with Crippen LogP contribution in [-0.2, 0) is 4.79 Å². The van der Waals surface area contributed by atoms with E-state index < -0.39 is 0 Å². The molecule has 1 atom stereocenters. The highest BCUT2D eigenvalue weighted by Crippen LogP contribution is 2.21. The highest BCUT2D eigenvalue weighted by Gasteiger charge is 2.11. The summed E-state index contributed by atoms with van der Waals surface area (Å²) in [5.74, 6) is 0.539. The van der Waals surface area contributed by atoms with E-state index in [2.05, 4.69) is 38.2 Å². The fourth-order valence-electron chi connectivity index (χ4n) is 2.33. The zero-order valence-corrected chi connectivity index (χ0v) is 12.9. The monoisotopic (exact) mass is 283 g/mol. The number of rotatable bonds is 4. The van der Waals surface area contributed by atoms with Gasteiger partial charge < -0.3 is 9.73 Å². The molecule has 110 valence electrons. The molecule has 21 heavy (non-hydrogen) atoms. The third kappa shape index (κ3) is 3.85. The van der Waals surface area contributed by atoms with Gasteiger partial charge in [0.15, 0.2) is 0 Å². The molecule has 1 aromatic heterocycles. The van der Waals surface area contributed by atoms with E-state index in [0.29, 0.717) is 5.76 Å². The number of carbonyl (C=O) groups excluding carboxylic acids is 1. The summed E-state index contributed by atoms with van der Waals surface area (Å²) in [6.45, 7) is 8.25. The second-order valence-electron chi connectivity index (χ2n) is 5.37. The van der Waals surface area contributed by atoms with Gasteiger partial charge in [-0.25, -0.2) is 0 Å². The van der Waals surface area contributed by atoms with Crippen molar-refractivity contribution >= 4 is 12.0 Å². The van der Waals surface area contributed by atoms with Crippen molar-refractivity contribution in [3.8, 4) is 0 Å². The molecule has 3 heteroatoms. The van der Waals surface area contributed by atoms with Crippen molar-refractivity contribution < 1.29 is 9.21 Å². The van der Waals surface area contributed by atoms with Crippen LogP contribution in [0.5, 0.6) is 0 Å². The number of furan rings is 1. The van der Waals surface area contributed by atoms with E-state index in [-0.39, 0.29) is 11.9 Å². The lowest BCUT2D eigenvalue weighted by Gasteiger charge is -2.17. The lowest BCUT2D eigenvalue weighted by Crippen LogP contribution is -2.25. The van der Waals surface area contributed by atoms with Gasteiger partial charge in [0.05, 0.1) is 12.3 Å². The second-order valence-corrected chi connectivity index (χ2v) is 5.37. The third-order valence-corrected chi connectivity index (χ3v) is 3.65.